The summed E-state index contributed by atoms with van der Waals surface area (Å²) in [6.07, 6.45) is 0. The lowest BCUT2D eigenvalue weighted by molar-refractivity contribution is -0.116. The summed E-state index contributed by atoms with van der Waals surface area (Å²) in [5.41, 5.74) is 1.69. The van der Waals surface area contributed by atoms with E-state index in [9.17, 15) is 9.59 Å². The van der Waals surface area contributed by atoms with Crippen molar-refractivity contribution >= 4 is 45.0 Å². The van der Waals surface area contributed by atoms with Crippen molar-refractivity contribution in [1.29, 1.82) is 0 Å². The van der Waals surface area contributed by atoms with Crippen LogP contribution < -0.4 is 20.2 Å². The maximum atomic E-state index is 13.0. The van der Waals surface area contributed by atoms with Crippen LogP contribution in [0.4, 0.5) is 5.69 Å². The third-order valence-electron chi connectivity index (χ3n) is 4.92. The van der Waals surface area contributed by atoms with E-state index in [0.29, 0.717) is 44.0 Å². The maximum Gasteiger partial charge on any atom is 0.244 e. The molecule has 4 rings (SSSR count). The molecule has 0 fully saturated rings. The van der Waals surface area contributed by atoms with Gasteiger partial charge < -0.3 is 19.4 Å². The standard InChI is InChI=1S/C23H19ClN2O4/c1-29-15-8-9-20-17(12-15)23(28)16-5-3-4-6-19(16)26(20)13-22(27)25-18-11-14(24)7-10-21(18)30-2/h3-12H,13H2,1-2H3,(H,25,27). The van der Waals surface area contributed by atoms with Gasteiger partial charge in [0.2, 0.25) is 5.91 Å². The number of hydrogen-bond acceptors (Lipinski definition) is 4. The van der Waals surface area contributed by atoms with E-state index < -0.39 is 0 Å². The van der Waals surface area contributed by atoms with Gasteiger partial charge in [0, 0.05) is 15.8 Å². The predicted octanol–water partition coefficient (Wildman–Crippen LogP) is 4.46. The molecule has 1 N–H and O–H groups in total. The van der Waals surface area contributed by atoms with Crippen LogP contribution in [0.15, 0.2) is 65.5 Å². The molecule has 0 aliphatic rings. The highest BCUT2D eigenvalue weighted by atomic mass is 35.5. The molecule has 152 valence electrons. The van der Waals surface area contributed by atoms with Crippen LogP contribution in [-0.2, 0) is 11.3 Å². The van der Waals surface area contributed by atoms with Crippen LogP contribution in [0.5, 0.6) is 11.5 Å². The molecule has 1 amide bonds. The molecule has 0 bridgehead atoms. The molecule has 7 heteroatoms. The van der Waals surface area contributed by atoms with E-state index in [0.717, 1.165) is 0 Å². The van der Waals surface area contributed by atoms with Crippen molar-refractivity contribution in [3.8, 4) is 11.5 Å². The van der Waals surface area contributed by atoms with E-state index in [1.165, 1.54) is 7.11 Å². The molecule has 0 radical (unpaired) electrons. The van der Waals surface area contributed by atoms with Gasteiger partial charge in [-0.1, -0.05) is 23.7 Å². The van der Waals surface area contributed by atoms with Gasteiger partial charge in [0.1, 0.15) is 18.0 Å². The Morgan fingerprint density at radius 1 is 0.967 bits per heavy atom. The summed E-state index contributed by atoms with van der Waals surface area (Å²) >= 11 is 6.06. The Labute approximate surface area is 177 Å². The Hall–Kier alpha value is -3.51. The van der Waals surface area contributed by atoms with Gasteiger partial charge in [-0.2, -0.15) is 0 Å². The number of nitrogens with zero attached hydrogens (tertiary/aromatic N) is 1. The zero-order chi connectivity index (χ0) is 21.3. The fourth-order valence-corrected chi connectivity index (χ4v) is 3.69. The molecular weight excluding hydrogens is 404 g/mol. The quantitative estimate of drug-likeness (QED) is 0.482. The Kier molecular flexibility index (Phi) is 5.33. The van der Waals surface area contributed by atoms with Crippen LogP contribution in [0, 0.1) is 0 Å². The second-order valence-electron chi connectivity index (χ2n) is 6.71. The zero-order valence-corrected chi connectivity index (χ0v) is 17.2. The van der Waals surface area contributed by atoms with Gasteiger partial charge in [0.15, 0.2) is 5.43 Å². The number of halogens is 1. The number of methoxy groups -OCH3 is 2. The topological polar surface area (TPSA) is 69.6 Å². The highest BCUT2D eigenvalue weighted by Crippen LogP contribution is 2.28. The zero-order valence-electron chi connectivity index (χ0n) is 16.4. The number of pyridine rings is 1. The minimum atomic E-state index is -0.276. The van der Waals surface area contributed by atoms with Crippen LogP contribution in [0.3, 0.4) is 0 Å². The molecule has 4 aromatic rings. The maximum absolute atomic E-state index is 13.0. The van der Waals surface area contributed by atoms with Gasteiger partial charge in [-0.25, -0.2) is 0 Å². The summed E-state index contributed by atoms with van der Waals surface area (Å²) in [7, 11) is 3.07. The van der Waals surface area contributed by atoms with Crippen LogP contribution in [0.1, 0.15) is 0 Å². The number of nitrogens with one attached hydrogen (secondary N) is 1. The van der Waals surface area contributed by atoms with Crippen molar-refractivity contribution < 1.29 is 14.3 Å². The average Bonchev–Trinajstić information content (AvgIpc) is 2.76. The number of hydrogen-bond donors (Lipinski definition) is 1. The second-order valence-corrected chi connectivity index (χ2v) is 7.14. The van der Waals surface area contributed by atoms with Crippen LogP contribution in [0.25, 0.3) is 21.8 Å². The van der Waals surface area contributed by atoms with E-state index >= 15 is 0 Å². The monoisotopic (exact) mass is 422 g/mol. The normalized spacial score (nSPS) is 10.9. The van der Waals surface area contributed by atoms with Crippen molar-refractivity contribution in [3.63, 3.8) is 0 Å². The molecule has 1 aromatic heterocycles. The van der Waals surface area contributed by atoms with Crippen LogP contribution in [0.2, 0.25) is 5.02 Å². The number of para-hydroxylation sites is 1. The Balaban J connectivity index is 1.82. The fraction of sp³-hybridized carbons (Fsp3) is 0.130. The number of rotatable bonds is 5. The number of carbonyl (C=O) groups excluding carboxylic acids is 1. The first-order valence-corrected chi connectivity index (χ1v) is 9.62. The summed E-state index contributed by atoms with van der Waals surface area (Å²) < 4.78 is 12.4. The Morgan fingerprint density at radius 3 is 2.50 bits per heavy atom. The first-order chi connectivity index (χ1) is 14.5. The number of fused-ring (bicyclic) bond motifs is 2. The largest absolute Gasteiger partial charge is 0.497 e. The van der Waals surface area contributed by atoms with Crippen molar-refractivity contribution in [1.82, 2.24) is 4.57 Å². The van der Waals surface area contributed by atoms with Crippen molar-refractivity contribution in [3.05, 3.63) is 75.9 Å². The van der Waals surface area contributed by atoms with Crippen molar-refractivity contribution in [2.45, 2.75) is 6.54 Å². The van der Waals surface area contributed by atoms with Gasteiger partial charge in [-0.05, 0) is 48.5 Å². The summed E-state index contributed by atoms with van der Waals surface area (Å²) in [4.78, 5) is 25.9. The number of anilines is 1. The van der Waals surface area contributed by atoms with Gasteiger partial charge in [0.25, 0.3) is 0 Å². The minimum absolute atomic E-state index is 0.000705. The molecular formula is C23H19ClN2O4. The summed E-state index contributed by atoms with van der Waals surface area (Å²) in [6.45, 7) is -0.000705. The summed E-state index contributed by atoms with van der Waals surface area (Å²) in [6, 6.07) is 17.5. The molecule has 0 aliphatic carbocycles. The lowest BCUT2D eigenvalue weighted by Crippen LogP contribution is -2.21. The molecule has 30 heavy (non-hydrogen) atoms. The molecule has 3 aromatic carbocycles. The lowest BCUT2D eigenvalue weighted by Gasteiger charge is -2.16. The van der Waals surface area contributed by atoms with E-state index in [1.54, 1.807) is 55.6 Å². The van der Waals surface area contributed by atoms with E-state index in [-0.39, 0.29) is 17.9 Å². The molecule has 0 unspecified atom stereocenters. The van der Waals surface area contributed by atoms with Gasteiger partial charge >= 0.3 is 0 Å². The van der Waals surface area contributed by atoms with Crippen molar-refractivity contribution in [2.75, 3.05) is 19.5 Å². The van der Waals surface area contributed by atoms with E-state index in [4.69, 9.17) is 21.1 Å². The number of amides is 1. The predicted molar refractivity (Wildman–Crippen MR) is 119 cm³/mol. The minimum Gasteiger partial charge on any atom is -0.497 e. The number of carbonyl (C=O) groups is 1. The fourth-order valence-electron chi connectivity index (χ4n) is 3.52. The molecule has 0 aliphatic heterocycles. The van der Waals surface area contributed by atoms with E-state index in [2.05, 4.69) is 5.32 Å². The smallest absolute Gasteiger partial charge is 0.244 e. The Morgan fingerprint density at radius 2 is 1.73 bits per heavy atom. The van der Waals surface area contributed by atoms with Gasteiger partial charge in [-0.15, -0.1) is 0 Å². The number of benzene rings is 3. The molecule has 0 spiro atoms. The van der Waals surface area contributed by atoms with E-state index in [1.807, 2.05) is 16.7 Å². The molecule has 0 saturated heterocycles. The summed E-state index contributed by atoms with van der Waals surface area (Å²) in [5.74, 6) is 0.808. The SMILES string of the molecule is COc1ccc2c(c1)c(=O)c1ccccc1n2CC(=O)Nc1cc(Cl)ccc1OC. The third-order valence-corrected chi connectivity index (χ3v) is 5.15. The number of aromatic nitrogens is 1. The molecule has 0 saturated carbocycles. The van der Waals surface area contributed by atoms with Gasteiger partial charge in [0.05, 0.1) is 30.9 Å². The average molecular weight is 423 g/mol. The second kappa shape index (κ2) is 8.08. The van der Waals surface area contributed by atoms with Crippen molar-refractivity contribution in [2.24, 2.45) is 0 Å². The van der Waals surface area contributed by atoms with Gasteiger partial charge in [-0.3, -0.25) is 9.59 Å². The number of ether oxygens (including phenoxy) is 2. The first kappa shape index (κ1) is 19.8. The van der Waals surface area contributed by atoms with Crippen LogP contribution in [-0.4, -0.2) is 24.7 Å². The molecule has 1 heterocycles. The lowest BCUT2D eigenvalue weighted by atomic mass is 10.1. The first-order valence-electron chi connectivity index (χ1n) is 9.24. The highest BCUT2D eigenvalue weighted by Gasteiger charge is 2.15. The Bertz CT molecular complexity index is 1330. The summed E-state index contributed by atoms with van der Waals surface area (Å²) in [5, 5.41) is 4.35. The highest BCUT2D eigenvalue weighted by molar-refractivity contribution is 6.31. The molecule has 0 atom stereocenters. The third kappa shape index (κ3) is 3.57. The molecule has 6 nitrogen and oxygen atoms in total. The van der Waals surface area contributed by atoms with Crippen LogP contribution >= 0.6 is 11.6 Å².